The molecule has 2 aromatic carbocycles. The molecule has 1 amide bonds. The number of nitrogens with zero attached hydrogens (tertiary/aromatic N) is 4. The molecule has 0 aliphatic carbocycles. The molecule has 1 aromatic heterocycles. The minimum Gasteiger partial charge on any atom is -0.446 e. The molecule has 9 heteroatoms. The molecule has 4 rings (SSSR count). The number of pyridine rings is 1. The third-order valence-corrected chi connectivity index (χ3v) is 7.02. The number of ether oxygens (including phenoxy) is 1. The maximum absolute atomic E-state index is 13.9. The van der Waals surface area contributed by atoms with Crippen molar-refractivity contribution in [1.29, 1.82) is 5.26 Å². The summed E-state index contributed by atoms with van der Waals surface area (Å²) in [6, 6.07) is 16.2. The van der Waals surface area contributed by atoms with Crippen LogP contribution in [-0.4, -0.2) is 54.1 Å². The fourth-order valence-corrected chi connectivity index (χ4v) is 4.85. The molecular formula is C31H29ClN4O4. The summed E-state index contributed by atoms with van der Waals surface area (Å²) in [5, 5.41) is 10.5. The van der Waals surface area contributed by atoms with Crippen molar-refractivity contribution in [3.05, 3.63) is 109 Å². The number of esters is 1. The molecule has 40 heavy (non-hydrogen) atoms. The Balaban J connectivity index is 1.76. The van der Waals surface area contributed by atoms with Gasteiger partial charge in [-0.25, -0.2) is 4.79 Å². The van der Waals surface area contributed by atoms with Gasteiger partial charge in [0.25, 0.3) is 11.5 Å². The van der Waals surface area contributed by atoms with E-state index in [4.69, 9.17) is 21.6 Å². The zero-order chi connectivity index (χ0) is 28.8. The van der Waals surface area contributed by atoms with Gasteiger partial charge >= 0.3 is 5.97 Å². The number of hydrogen-bond donors (Lipinski definition) is 0. The van der Waals surface area contributed by atoms with Gasteiger partial charge in [-0.1, -0.05) is 60.7 Å². The van der Waals surface area contributed by atoms with Crippen molar-refractivity contribution in [2.45, 2.75) is 13.5 Å². The van der Waals surface area contributed by atoms with E-state index in [9.17, 15) is 14.4 Å². The number of hydrogen-bond acceptors (Lipinski definition) is 6. The number of aromatic nitrogens is 1. The van der Waals surface area contributed by atoms with E-state index in [-0.39, 0.29) is 18.0 Å². The zero-order valence-corrected chi connectivity index (χ0v) is 23.0. The highest BCUT2D eigenvalue weighted by Gasteiger charge is 2.29. The summed E-state index contributed by atoms with van der Waals surface area (Å²) in [6.45, 7) is 11.2. The van der Waals surface area contributed by atoms with E-state index in [0.717, 1.165) is 11.1 Å². The van der Waals surface area contributed by atoms with Gasteiger partial charge in [-0.2, -0.15) is 5.26 Å². The molecular weight excluding hydrogens is 528 g/mol. The first kappa shape index (κ1) is 28.4. The highest BCUT2D eigenvalue weighted by Crippen LogP contribution is 2.18. The molecule has 1 saturated heterocycles. The van der Waals surface area contributed by atoms with Crippen molar-refractivity contribution >= 4 is 41.8 Å². The first-order chi connectivity index (χ1) is 19.2. The van der Waals surface area contributed by atoms with Gasteiger partial charge in [-0.3, -0.25) is 9.59 Å². The monoisotopic (exact) mass is 556 g/mol. The standard InChI is InChI=1S/C31H29ClN4O4/c1-4-5-26-22(3)28(34-15-17-35(18-16-34)29(37)24-10-12-25(32)13-11-24)27(31(39)40-19-14-33)30(38)36(26)20-23-8-6-21(2)7-9-23/h4-13H,1,3,15-20H2,2H3/b26-5+. The van der Waals surface area contributed by atoms with Crippen molar-refractivity contribution in [2.75, 3.05) is 37.7 Å². The molecule has 204 valence electrons. The largest absolute Gasteiger partial charge is 0.446 e. The highest BCUT2D eigenvalue weighted by atomic mass is 35.5. The fraction of sp³-hybridized carbons (Fsp3) is 0.226. The van der Waals surface area contributed by atoms with Crippen LogP contribution in [0.3, 0.4) is 0 Å². The third-order valence-electron chi connectivity index (χ3n) is 6.76. The van der Waals surface area contributed by atoms with Crippen LogP contribution in [0.15, 0.2) is 66.0 Å². The Labute approximate surface area is 237 Å². The summed E-state index contributed by atoms with van der Waals surface area (Å²) in [7, 11) is 0. The van der Waals surface area contributed by atoms with E-state index < -0.39 is 18.1 Å². The lowest BCUT2D eigenvalue weighted by Gasteiger charge is -2.37. The highest BCUT2D eigenvalue weighted by molar-refractivity contribution is 6.30. The molecule has 1 aliphatic heterocycles. The van der Waals surface area contributed by atoms with Gasteiger partial charge in [0.1, 0.15) is 11.6 Å². The van der Waals surface area contributed by atoms with Gasteiger partial charge in [-0.15, -0.1) is 0 Å². The second kappa shape index (κ2) is 12.5. The predicted molar refractivity (Wildman–Crippen MR) is 156 cm³/mol. The van der Waals surface area contributed by atoms with Crippen LogP contribution in [-0.2, 0) is 11.3 Å². The Morgan fingerprint density at radius 3 is 2.33 bits per heavy atom. The summed E-state index contributed by atoms with van der Waals surface area (Å²) in [4.78, 5) is 43.7. The molecule has 0 saturated carbocycles. The molecule has 1 aliphatic rings. The number of halogens is 1. The van der Waals surface area contributed by atoms with E-state index in [2.05, 4.69) is 13.2 Å². The summed E-state index contributed by atoms with van der Waals surface area (Å²) < 4.78 is 6.59. The van der Waals surface area contributed by atoms with Crippen LogP contribution in [0.1, 0.15) is 31.8 Å². The zero-order valence-electron chi connectivity index (χ0n) is 22.2. The summed E-state index contributed by atoms with van der Waals surface area (Å²) in [6.07, 6.45) is 3.25. The number of aryl methyl sites for hydroxylation is 1. The number of allylic oxidation sites excluding steroid dienone is 1. The van der Waals surface area contributed by atoms with Crippen LogP contribution in [0.25, 0.3) is 12.7 Å². The third kappa shape index (κ3) is 6.00. The van der Waals surface area contributed by atoms with Crippen molar-refractivity contribution in [2.24, 2.45) is 0 Å². The number of nitriles is 1. The van der Waals surface area contributed by atoms with E-state index in [1.807, 2.05) is 36.1 Å². The van der Waals surface area contributed by atoms with Gasteiger partial charge in [0, 0.05) is 42.0 Å². The molecule has 3 aromatic rings. The Morgan fingerprint density at radius 1 is 1.07 bits per heavy atom. The van der Waals surface area contributed by atoms with E-state index in [1.165, 1.54) is 4.57 Å². The van der Waals surface area contributed by atoms with E-state index in [0.29, 0.717) is 53.0 Å². The lowest BCUT2D eigenvalue weighted by atomic mass is 10.1. The van der Waals surface area contributed by atoms with Crippen molar-refractivity contribution in [3.8, 4) is 6.07 Å². The normalized spacial score (nSPS) is 13.6. The lowest BCUT2D eigenvalue weighted by Crippen LogP contribution is -2.54. The molecule has 1 fully saturated rings. The molecule has 0 radical (unpaired) electrons. The van der Waals surface area contributed by atoms with Crippen LogP contribution in [0, 0.1) is 18.3 Å². The average molecular weight is 557 g/mol. The Hall–Kier alpha value is -4.61. The Kier molecular flexibility index (Phi) is 8.87. The number of amides is 1. The Morgan fingerprint density at radius 2 is 1.73 bits per heavy atom. The van der Waals surface area contributed by atoms with Crippen LogP contribution in [0.2, 0.25) is 5.02 Å². The molecule has 0 N–H and O–H groups in total. The van der Waals surface area contributed by atoms with Gasteiger partial charge in [0.05, 0.1) is 17.6 Å². The second-order valence-electron chi connectivity index (χ2n) is 9.39. The number of rotatable bonds is 7. The number of piperazine rings is 1. The molecule has 0 spiro atoms. The smallest absolute Gasteiger partial charge is 0.346 e. The lowest BCUT2D eigenvalue weighted by molar-refractivity contribution is 0.0551. The molecule has 2 heterocycles. The van der Waals surface area contributed by atoms with Gasteiger partial charge < -0.3 is 19.1 Å². The predicted octanol–water partition coefficient (Wildman–Crippen LogP) is 2.88. The molecule has 8 nitrogen and oxygen atoms in total. The fourth-order valence-electron chi connectivity index (χ4n) is 4.73. The first-order valence-corrected chi connectivity index (χ1v) is 13.1. The SMILES string of the molecule is C=C/C=c1\c(=C)c(N2CCN(C(=O)c3ccc(Cl)cc3)CC2)c(C(=O)OCC#N)c(=O)n1Cc1ccc(C)cc1. The van der Waals surface area contributed by atoms with Crippen molar-refractivity contribution < 1.29 is 14.3 Å². The van der Waals surface area contributed by atoms with Gasteiger partial charge in [0.15, 0.2) is 6.61 Å². The van der Waals surface area contributed by atoms with E-state index >= 15 is 0 Å². The van der Waals surface area contributed by atoms with Crippen LogP contribution in [0.4, 0.5) is 5.69 Å². The number of benzene rings is 2. The quantitative estimate of drug-likeness (QED) is 0.415. The molecule has 0 atom stereocenters. The maximum Gasteiger partial charge on any atom is 0.346 e. The van der Waals surface area contributed by atoms with Gasteiger partial charge in [-0.05, 0) is 42.8 Å². The maximum atomic E-state index is 13.9. The topological polar surface area (TPSA) is 95.6 Å². The number of anilines is 1. The minimum atomic E-state index is -0.895. The van der Waals surface area contributed by atoms with Crippen LogP contribution < -0.4 is 21.0 Å². The second-order valence-corrected chi connectivity index (χ2v) is 9.82. The van der Waals surface area contributed by atoms with Crippen molar-refractivity contribution in [1.82, 2.24) is 9.47 Å². The summed E-state index contributed by atoms with van der Waals surface area (Å²) in [5.41, 5.74) is 2.06. The van der Waals surface area contributed by atoms with Crippen LogP contribution >= 0.6 is 11.6 Å². The van der Waals surface area contributed by atoms with Crippen LogP contribution in [0.5, 0.6) is 0 Å². The average Bonchev–Trinajstić information content (AvgIpc) is 2.96. The molecule has 0 bridgehead atoms. The first-order valence-electron chi connectivity index (χ1n) is 12.7. The Bertz CT molecular complexity index is 1650. The van der Waals surface area contributed by atoms with Crippen molar-refractivity contribution in [3.63, 3.8) is 0 Å². The molecule has 0 unspecified atom stereocenters. The number of carbonyl (C=O) groups excluding carboxylic acids is 2. The minimum absolute atomic E-state index is 0.131. The van der Waals surface area contributed by atoms with E-state index in [1.54, 1.807) is 47.4 Å². The summed E-state index contributed by atoms with van der Waals surface area (Å²) >= 11 is 5.96. The van der Waals surface area contributed by atoms with Gasteiger partial charge in [0.2, 0.25) is 0 Å². The summed E-state index contributed by atoms with van der Waals surface area (Å²) in [5.74, 6) is -1.03. The number of carbonyl (C=O) groups is 2.